The maximum atomic E-state index is 2.30. The Morgan fingerprint density at radius 3 is 0.538 bits per heavy atom. The van der Waals surface area contributed by atoms with Gasteiger partial charge in [-0.15, -0.1) is 0 Å². The fraction of sp³-hybridized carbons (Fsp3) is 0.0769. The minimum absolute atomic E-state index is 0.425. The summed E-state index contributed by atoms with van der Waals surface area (Å²) in [5.74, 6) is 0. The van der Waals surface area contributed by atoms with Gasteiger partial charge < -0.3 is 0 Å². The zero-order valence-corrected chi connectivity index (χ0v) is 22.0. The van der Waals surface area contributed by atoms with Crippen LogP contribution in [0.1, 0.15) is 39.8 Å². The Hall–Kier alpha value is -4.68. The zero-order chi connectivity index (χ0) is 26.4. The molecule has 188 valence electrons. The summed E-state index contributed by atoms with van der Waals surface area (Å²) in [5, 5.41) is 0. The van der Waals surface area contributed by atoms with Crippen molar-refractivity contribution in [2.75, 3.05) is 0 Å². The highest BCUT2D eigenvalue weighted by Gasteiger charge is 2.47. The highest BCUT2D eigenvalue weighted by molar-refractivity contribution is 5.57. The van der Waals surface area contributed by atoms with E-state index in [9.17, 15) is 0 Å². The summed E-state index contributed by atoms with van der Waals surface area (Å²) in [6.07, 6.45) is 0.816. The van der Waals surface area contributed by atoms with E-state index in [2.05, 4.69) is 182 Å². The molecular formula is C39H32. The van der Waals surface area contributed by atoms with Gasteiger partial charge in [-0.3, -0.25) is 0 Å². The van der Waals surface area contributed by atoms with E-state index in [0.717, 1.165) is 6.42 Å². The van der Waals surface area contributed by atoms with Crippen LogP contribution in [0.5, 0.6) is 0 Å². The van der Waals surface area contributed by atoms with Crippen LogP contribution in [0.15, 0.2) is 182 Å². The molecule has 0 unspecified atom stereocenters. The van der Waals surface area contributed by atoms with Gasteiger partial charge in [-0.1, -0.05) is 182 Å². The Labute approximate surface area is 232 Å². The van der Waals surface area contributed by atoms with E-state index in [1.165, 1.54) is 33.4 Å². The van der Waals surface area contributed by atoms with E-state index >= 15 is 0 Å². The van der Waals surface area contributed by atoms with Gasteiger partial charge >= 0.3 is 0 Å². The van der Waals surface area contributed by atoms with Gasteiger partial charge in [0.25, 0.3) is 0 Å². The first-order valence-electron chi connectivity index (χ1n) is 13.7. The van der Waals surface area contributed by atoms with Crippen LogP contribution in [-0.4, -0.2) is 0 Å². The lowest BCUT2D eigenvalue weighted by molar-refractivity contribution is 0.440. The molecule has 0 bridgehead atoms. The monoisotopic (exact) mass is 500 g/mol. The molecule has 0 fully saturated rings. The van der Waals surface area contributed by atoms with Crippen LogP contribution in [0.2, 0.25) is 0 Å². The number of benzene rings is 6. The van der Waals surface area contributed by atoms with E-state index in [1.54, 1.807) is 0 Å². The second-order valence-electron chi connectivity index (χ2n) is 10.2. The molecule has 0 aliphatic carbocycles. The average Bonchev–Trinajstić information content (AvgIpc) is 3.04. The van der Waals surface area contributed by atoms with Crippen molar-refractivity contribution in [1.82, 2.24) is 0 Å². The first-order valence-corrected chi connectivity index (χ1v) is 13.7. The largest absolute Gasteiger partial charge is 0.0622 e. The molecule has 0 saturated heterocycles. The van der Waals surface area contributed by atoms with Crippen molar-refractivity contribution in [2.24, 2.45) is 0 Å². The number of hydrogen-bond donors (Lipinski definition) is 0. The molecule has 0 radical (unpaired) electrons. The molecule has 6 aromatic rings. The van der Waals surface area contributed by atoms with Crippen molar-refractivity contribution >= 4 is 0 Å². The van der Waals surface area contributed by atoms with Crippen LogP contribution < -0.4 is 0 Å². The summed E-state index contributed by atoms with van der Waals surface area (Å²) in [7, 11) is 0. The van der Waals surface area contributed by atoms with E-state index in [0.29, 0.717) is 0 Å². The Kier molecular flexibility index (Phi) is 6.93. The van der Waals surface area contributed by atoms with Crippen molar-refractivity contribution in [3.8, 4) is 0 Å². The highest BCUT2D eigenvalue weighted by atomic mass is 14.5. The van der Waals surface area contributed by atoms with E-state index in [1.807, 2.05) is 0 Å². The fourth-order valence-corrected chi connectivity index (χ4v) is 6.35. The van der Waals surface area contributed by atoms with Crippen LogP contribution in [0.3, 0.4) is 0 Å². The predicted molar refractivity (Wildman–Crippen MR) is 163 cm³/mol. The topological polar surface area (TPSA) is 0 Å². The van der Waals surface area contributed by atoms with Gasteiger partial charge in [-0.25, -0.2) is 0 Å². The Morgan fingerprint density at radius 1 is 0.231 bits per heavy atom. The Balaban J connectivity index is 1.76. The number of rotatable bonds is 8. The molecule has 0 saturated carbocycles. The van der Waals surface area contributed by atoms with Gasteiger partial charge in [0.1, 0.15) is 0 Å². The molecule has 0 spiro atoms. The van der Waals surface area contributed by atoms with Crippen LogP contribution in [0, 0.1) is 0 Å². The van der Waals surface area contributed by atoms with Gasteiger partial charge in [-0.05, 0) is 39.8 Å². The second-order valence-corrected chi connectivity index (χ2v) is 10.2. The van der Waals surface area contributed by atoms with Crippen LogP contribution in [0.25, 0.3) is 0 Å². The maximum absolute atomic E-state index is 2.30. The molecule has 39 heavy (non-hydrogen) atoms. The van der Waals surface area contributed by atoms with Crippen molar-refractivity contribution in [2.45, 2.75) is 17.3 Å². The summed E-state index contributed by atoms with van der Waals surface area (Å²) < 4.78 is 0. The molecule has 0 amide bonds. The first kappa shape index (κ1) is 24.6. The molecule has 0 aliphatic heterocycles. The molecule has 6 aromatic carbocycles. The Bertz CT molecular complexity index is 1260. The lowest BCUT2D eigenvalue weighted by atomic mass is 9.56. The van der Waals surface area contributed by atoms with Gasteiger partial charge in [0.15, 0.2) is 0 Å². The van der Waals surface area contributed by atoms with E-state index in [4.69, 9.17) is 0 Å². The highest BCUT2D eigenvalue weighted by Crippen LogP contribution is 2.53. The van der Waals surface area contributed by atoms with E-state index < -0.39 is 10.8 Å². The SMILES string of the molecule is c1ccc(C(CC(c2ccccc2)(c2ccccc2)c2ccccc2)(c2ccccc2)c2ccccc2)cc1. The van der Waals surface area contributed by atoms with E-state index in [-0.39, 0.29) is 0 Å². The van der Waals surface area contributed by atoms with Crippen LogP contribution in [0.4, 0.5) is 0 Å². The van der Waals surface area contributed by atoms with Crippen molar-refractivity contribution in [3.05, 3.63) is 215 Å². The molecule has 0 nitrogen and oxygen atoms in total. The van der Waals surface area contributed by atoms with Crippen molar-refractivity contribution in [3.63, 3.8) is 0 Å². The molecule has 0 heteroatoms. The zero-order valence-electron chi connectivity index (χ0n) is 22.0. The van der Waals surface area contributed by atoms with Gasteiger partial charge in [-0.2, -0.15) is 0 Å². The average molecular weight is 501 g/mol. The molecule has 0 N–H and O–H groups in total. The number of hydrogen-bond acceptors (Lipinski definition) is 0. The normalized spacial score (nSPS) is 11.7. The smallest absolute Gasteiger partial charge is 0.0466 e. The molecule has 6 rings (SSSR count). The summed E-state index contributed by atoms with van der Waals surface area (Å²) in [6.45, 7) is 0. The van der Waals surface area contributed by atoms with Crippen molar-refractivity contribution < 1.29 is 0 Å². The summed E-state index contributed by atoms with van der Waals surface area (Å²) in [5.41, 5.74) is 6.87. The molecule has 0 atom stereocenters. The summed E-state index contributed by atoms with van der Waals surface area (Å²) in [4.78, 5) is 0. The second kappa shape index (κ2) is 11.0. The Morgan fingerprint density at radius 2 is 0.385 bits per heavy atom. The third kappa shape index (κ3) is 4.49. The summed E-state index contributed by atoms with van der Waals surface area (Å²) in [6, 6.07) is 66.3. The first-order chi connectivity index (χ1) is 19.3. The van der Waals surface area contributed by atoms with Gasteiger partial charge in [0.2, 0.25) is 0 Å². The molecule has 0 aliphatic rings. The third-order valence-corrected chi connectivity index (χ3v) is 8.13. The molecule has 0 heterocycles. The quantitative estimate of drug-likeness (QED) is 0.183. The molecule has 0 aromatic heterocycles. The lowest BCUT2D eigenvalue weighted by Gasteiger charge is -2.46. The van der Waals surface area contributed by atoms with Crippen LogP contribution in [-0.2, 0) is 10.8 Å². The van der Waals surface area contributed by atoms with Crippen LogP contribution >= 0.6 is 0 Å². The fourth-order valence-electron chi connectivity index (χ4n) is 6.35. The third-order valence-electron chi connectivity index (χ3n) is 8.13. The van der Waals surface area contributed by atoms with Gasteiger partial charge in [0.05, 0.1) is 0 Å². The standard InChI is InChI=1S/C39H32/c1-7-19-32(20-8-1)38(33-21-9-2-10-22-33,34-23-11-3-12-24-34)31-39(35-25-13-4-14-26-35,36-27-15-5-16-28-36)37-29-17-6-18-30-37/h1-30H,31H2. The minimum atomic E-state index is -0.425. The maximum Gasteiger partial charge on any atom is 0.0466 e. The predicted octanol–water partition coefficient (Wildman–Crippen LogP) is 9.45. The lowest BCUT2D eigenvalue weighted by Crippen LogP contribution is -2.41. The van der Waals surface area contributed by atoms with Crippen molar-refractivity contribution in [1.29, 1.82) is 0 Å². The summed E-state index contributed by atoms with van der Waals surface area (Å²) >= 11 is 0. The minimum Gasteiger partial charge on any atom is -0.0622 e. The molecular weight excluding hydrogens is 468 g/mol. The van der Waals surface area contributed by atoms with Gasteiger partial charge in [0, 0.05) is 10.8 Å².